The molecule has 5 rings (SSSR count). The Kier molecular flexibility index (Phi) is 6.71. The molecular weight excluding hydrogens is 490 g/mol. The third kappa shape index (κ3) is 4.45. The molecular formula is C28H25N3O3S2. The molecule has 182 valence electrons. The first kappa shape index (κ1) is 24.0. The number of hydrogen-bond donors (Lipinski definition) is 0. The fourth-order valence-electron chi connectivity index (χ4n) is 4.18. The third-order valence-electron chi connectivity index (χ3n) is 5.89. The lowest BCUT2D eigenvalue weighted by molar-refractivity contribution is -0.138. The van der Waals surface area contributed by atoms with Gasteiger partial charge in [-0.05, 0) is 42.1 Å². The molecule has 0 bridgehead atoms. The van der Waals surface area contributed by atoms with Crippen LogP contribution >= 0.6 is 22.7 Å². The predicted octanol–water partition coefficient (Wildman–Crippen LogP) is 4.06. The predicted molar refractivity (Wildman–Crippen MR) is 146 cm³/mol. The lowest BCUT2D eigenvalue weighted by Gasteiger charge is -2.24. The number of esters is 1. The van der Waals surface area contributed by atoms with Crippen molar-refractivity contribution in [2.75, 3.05) is 25.6 Å². The molecule has 3 heterocycles. The summed E-state index contributed by atoms with van der Waals surface area (Å²) in [5.74, 6) is -0.466. The minimum atomic E-state index is -0.617. The van der Waals surface area contributed by atoms with Gasteiger partial charge in [-0.1, -0.05) is 59.9 Å². The summed E-state index contributed by atoms with van der Waals surface area (Å²) in [5, 5.41) is 1.95. The maximum Gasteiger partial charge on any atom is 0.338 e. The van der Waals surface area contributed by atoms with Gasteiger partial charge in [0.25, 0.3) is 5.56 Å². The number of hydrogen-bond acceptors (Lipinski definition) is 7. The first-order chi connectivity index (χ1) is 17.5. The van der Waals surface area contributed by atoms with Crippen LogP contribution in [0.25, 0.3) is 11.8 Å². The van der Waals surface area contributed by atoms with Crippen molar-refractivity contribution in [3.8, 4) is 0 Å². The second-order valence-corrected chi connectivity index (χ2v) is 10.4. The average Bonchev–Trinajstić information content (AvgIpc) is 3.52. The summed E-state index contributed by atoms with van der Waals surface area (Å²) in [6, 6.07) is 20.8. The van der Waals surface area contributed by atoms with E-state index in [2.05, 4.69) is 0 Å². The minimum Gasteiger partial charge on any atom is -0.463 e. The van der Waals surface area contributed by atoms with E-state index in [1.54, 1.807) is 11.5 Å². The molecule has 0 saturated carbocycles. The summed E-state index contributed by atoms with van der Waals surface area (Å²) in [5.41, 5.74) is 3.54. The molecule has 36 heavy (non-hydrogen) atoms. The molecule has 0 N–H and O–H groups in total. The van der Waals surface area contributed by atoms with Gasteiger partial charge in [0.05, 0.1) is 22.4 Å². The Morgan fingerprint density at radius 2 is 1.83 bits per heavy atom. The van der Waals surface area contributed by atoms with Crippen molar-refractivity contribution in [3.05, 3.63) is 113 Å². The summed E-state index contributed by atoms with van der Waals surface area (Å²) >= 11 is 2.83. The number of aromatic nitrogens is 1. The highest BCUT2D eigenvalue weighted by molar-refractivity contribution is 7.10. The molecule has 6 nitrogen and oxygen atoms in total. The van der Waals surface area contributed by atoms with Crippen molar-refractivity contribution >= 4 is 46.1 Å². The van der Waals surface area contributed by atoms with Crippen LogP contribution in [0.3, 0.4) is 0 Å². The molecule has 0 aliphatic carbocycles. The Labute approximate surface area is 216 Å². The maximum atomic E-state index is 13.8. The fraction of sp³-hybridized carbons (Fsp3) is 0.179. The molecule has 1 atom stereocenters. The van der Waals surface area contributed by atoms with Crippen LogP contribution < -0.4 is 19.8 Å². The lowest BCUT2D eigenvalue weighted by Crippen LogP contribution is -2.39. The second kappa shape index (κ2) is 10.1. The van der Waals surface area contributed by atoms with Crippen LogP contribution in [0.5, 0.6) is 0 Å². The molecule has 4 aromatic rings. The molecule has 8 heteroatoms. The zero-order valence-electron chi connectivity index (χ0n) is 20.2. The van der Waals surface area contributed by atoms with Gasteiger partial charge in [-0.2, -0.15) is 0 Å². The number of rotatable bonds is 6. The second-order valence-electron chi connectivity index (χ2n) is 8.43. The van der Waals surface area contributed by atoms with Gasteiger partial charge in [0.15, 0.2) is 4.80 Å². The SMILES string of the molecule is CCOC(=O)C1=C(c2ccccc2)N=c2s/c(=C/c3ccc(N(C)C)cc3)c(=O)n2[C@@H]1c1cccs1. The average molecular weight is 516 g/mol. The Morgan fingerprint density at radius 3 is 2.47 bits per heavy atom. The van der Waals surface area contributed by atoms with E-state index in [0.717, 1.165) is 21.7 Å². The number of benzene rings is 2. The zero-order valence-corrected chi connectivity index (χ0v) is 21.8. The minimum absolute atomic E-state index is 0.178. The standard InChI is InChI=1S/C28H25N3O3S2/c1-4-34-27(33)23-24(19-9-6-5-7-10-19)29-28-31(25(23)21-11-8-16-35-21)26(32)22(36-28)17-18-12-14-20(15-13-18)30(2)3/h5-17,25H,4H2,1-3H3/b22-17+/t25-/m1/s1. The third-order valence-corrected chi connectivity index (χ3v) is 7.80. The number of thiazole rings is 1. The highest BCUT2D eigenvalue weighted by Crippen LogP contribution is 2.36. The van der Waals surface area contributed by atoms with E-state index in [1.165, 1.54) is 22.7 Å². The van der Waals surface area contributed by atoms with E-state index in [0.29, 0.717) is 20.6 Å². The Balaban J connectivity index is 1.76. The van der Waals surface area contributed by atoms with Crippen molar-refractivity contribution in [1.29, 1.82) is 0 Å². The number of thiophene rings is 1. The number of fused-ring (bicyclic) bond motifs is 1. The van der Waals surface area contributed by atoms with E-state index >= 15 is 0 Å². The first-order valence-corrected chi connectivity index (χ1v) is 13.3. The van der Waals surface area contributed by atoms with Gasteiger partial charge in [0.2, 0.25) is 0 Å². The summed E-state index contributed by atoms with van der Waals surface area (Å²) in [4.78, 5) is 35.4. The van der Waals surface area contributed by atoms with Gasteiger partial charge in [-0.15, -0.1) is 11.3 Å². The highest BCUT2D eigenvalue weighted by Gasteiger charge is 2.35. The Hall–Kier alpha value is -3.75. The molecule has 2 aromatic carbocycles. The van der Waals surface area contributed by atoms with Crippen molar-refractivity contribution in [2.24, 2.45) is 4.99 Å². The number of ether oxygens (including phenoxy) is 1. The van der Waals surface area contributed by atoms with Crippen molar-refractivity contribution in [2.45, 2.75) is 13.0 Å². The topological polar surface area (TPSA) is 63.9 Å². The van der Waals surface area contributed by atoms with Crippen LogP contribution in [0, 0.1) is 0 Å². The molecule has 0 unspecified atom stereocenters. The van der Waals surface area contributed by atoms with Crippen LogP contribution in [0.1, 0.15) is 29.0 Å². The van der Waals surface area contributed by atoms with E-state index in [4.69, 9.17) is 9.73 Å². The number of nitrogens with zero attached hydrogens (tertiary/aromatic N) is 3. The highest BCUT2D eigenvalue weighted by atomic mass is 32.1. The number of carbonyl (C=O) groups is 1. The summed E-state index contributed by atoms with van der Waals surface area (Å²) in [7, 11) is 3.98. The van der Waals surface area contributed by atoms with Crippen LogP contribution in [0.4, 0.5) is 5.69 Å². The monoisotopic (exact) mass is 515 g/mol. The Morgan fingerprint density at radius 1 is 1.08 bits per heavy atom. The van der Waals surface area contributed by atoms with E-state index < -0.39 is 12.0 Å². The van der Waals surface area contributed by atoms with Crippen molar-refractivity contribution < 1.29 is 9.53 Å². The van der Waals surface area contributed by atoms with Crippen LogP contribution in [0.15, 0.2) is 87.5 Å². The molecule has 1 aliphatic rings. The van der Waals surface area contributed by atoms with Crippen LogP contribution in [-0.2, 0) is 9.53 Å². The van der Waals surface area contributed by atoms with Crippen molar-refractivity contribution in [1.82, 2.24) is 4.57 Å². The van der Waals surface area contributed by atoms with E-state index in [1.807, 2.05) is 97.2 Å². The molecule has 2 aromatic heterocycles. The van der Waals surface area contributed by atoms with Gasteiger partial charge in [-0.25, -0.2) is 9.79 Å². The maximum absolute atomic E-state index is 13.8. The molecule has 0 fully saturated rings. The quantitative estimate of drug-likeness (QED) is 0.363. The van der Waals surface area contributed by atoms with Gasteiger partial charge >= 0.3 is 5.97 Å². The summed E-state index contributed by atoms with van der Waals surface area (Å²) in [6.45, 7) is 2.01. The fourth-order valence-corrected chi connectivity index (χ4v) is 6.00. The van der Waals surface area contributed by atoms with Gasteiger partial charge < -0.3 is 9.64 Å². The summed E-state index contributed by atoms with van der Waals surface area (Å²) < 4.78 is 7.67. The van der Waals surface area contributed by atoms with Gasteiger partial charge in [-0.3, -0.25) is 9.36 Å². The van der Waals surface area contributed by atoms with E-state index in [9.17, 15) is 9.59 Å². The lowest BCUT2D eigenvalue weighted by atomic mass is 9.97. The first-order valence-electron chi connectivity index (χ1n) is 11.6. The number of anilines is 1. The summed E-state index contributed by atoms with van der Waals surface area (Å²) in [6.07, 6.45) is 1.88. The van der Waals surface area contributed by atoms with Crippen molar-refractivity contribution in [3.63, 3.8) is 0 Å². The zero-order chi connectivity index (χ0) is 25.2. The number of carbonyl (C=O) groups excluding carboxylic acids is 1. The smallest absolute Gasteiger partial charge is 0.338 e. The van der Waals surface area contributed by atoms with Crippen LogP contribution in [0.2, 0.25) is 0 Å². The molecule has 0 spiro atoms. The van der Waals surface area contributed by atoms with Gasteiger partial charge in [0, 0.05) is 30.2 Å². The van der Waals surface area contributed by atoms with Gasteiger partial charge in [0.1, 0.15) is 6.04 Å². The molecule has 0 amide bonds. The molecule has 1 aliphatic heterocycles. The largest absolute Gasteiger partial charge is 0.463 e. The van der Waals surface area contributed by atoms with Crippen LogP contribution in [-0.4, -0.2) is 31.2 Å². The normalized spacial score (nSPS) is 15.4. The van der Waals surface area contributed by atoms with E-state index in [-0.39, 0.29) is 12.2 Å². The Bertz CT molecular complexity index is 1600. The molecule has 0 radical (unpaired) electrons. The molecule has 0 saturated heterocycles.